The predicted molar refractivity (Wildman–Crippen MR) is 140 cm³/mol. The molecule has 2 unspecified atom stereocenters. The predicted octanol–water partition coefficient (Wildman–Crippen LogP) is 5.75. The number of hydrogen-bond donors (Lipinski definition) is 2. The number of halogens is 1. The third-order valence-corrected chi connectivity index (χ3v) is 8.85. The molecule has 0 bridgehead atoms. The van der Waals surface area contributed by atoms with Crippen LogP contribution in [-0.4, -0.2) is 41.5 Å². The van der Waals surface area contributed by atoms with Crippen LogP contribution in [0.15, 0.2) is 33.2 Å². The number of aryl methyl sites for hydroxylation is 1. The van der Waals surface area contributed by atoms with E-state index >= 15 is 0 Å². The highest BCUT2D eigenvalue weighted by atomic mass is 79.9. The van der Waals surface area contributed by atoms with Crippen LogP contribution >= 0.6 is 27.7 Å². The molecule has 1 aliphatic carbocycles. The molecule has 2 heterocycles. The molecule has 1 aliphatic heterocycles. The Morgan fingerprint density at radius 3 is 2.94 bits per heavy atom. The number of rotatable bonds is 9. The van der Waals surface area contributed by atoms with E-state index in [4.69, 9.17) is 9.40 Å². The number of carbonyl (C=O) groups excluding carboxylic acids is 1. The van der Waals surface area contributed by atoms with Crippen molar-refractivity contribution in [3.8, 4) is 11.5 Å². The number of aromatic nitrogens is 1. The monoisotopic (exact) mass is 533 g/mol. The summed E-state index contributed by atoms with van der Waals surface area (Å²) in [5.41, 5.74) is 1.92. The van der Waals surface area contributed by atoms with Crippen LogP contribution in [0.1, 0.15) is 56.4 Å². The first-order chi connectivity index (χ1) is 16.1. The van der Waals surface area contributed by atoms with Gasteiger partial charge in [-0.2, -0.15) is 11.8 Å². The molecule has 0 radical (unpaired) electrons. The normalized spacial score (nSPS) is 21.8. The van der Waals surface area contributed by atoms with E-state index in [9.17, 15) is 4.79 Å². The van der Waals surface area contributed by atoms with Crippen LogP contribution < -0.4 is 10.6 Å². The fraction of sp³-hybridized carbons (Fsp3) is 0.615. The molecule has 2 N–H and O–H groups in total. The summed E-state index contributed by atoms with van der Waals surface area (Å²) in [7, 11) is 0. The molecule has 33 heavy (non-hydrogen) atoms. The molecule has 0 spiro atoms. The number of nitrogens with one attached hydrogen (secondary N) is 2. The standard InChI is InChI=1S/C26H36BrN3O2S/c1-18-24(30-26(32-18)19-7-5-8-21(27)15-19)16-20-17-28-13-11-23(20)25(31)29-12-6-14-33-22-9-3-2-4-10-22/h5,7-8,15,20,22-23,28H,2-4,6,9-14,16-17H2,1H3,(H,29,31). The molecule has 1 amide bonds. The molecular weight excluding hydrogens is 498 g/mol. The van der Waals surface area contributed by atoms with Crippen LogP contribution in [0.5, 0.6) is 0 Å². The van der Waals surface area contributed by atoms with Crippen molar-refractivity contribution in [2.75, 3.05) is 25.4 Å². The van der Waals surface area contributed by atoms with Crippen LogP contribution in [0.3, 0.4) is 0 Å². The van der Waals surface area contributed by atoms with Gasteiger partial charge in [0.2, 0.25) is 11.8 Å². The Morgan fingerprint density at radius 2 is 2.12 bits per heavy atom. The lowest BCUT2D eigenvalue weighted by molar-refractivity contribution is -0.127. The lowest BCUT2D eigenvalue weighted by atomic mass is 9.82. The van der Waals surface area contributed by atoms with E-state index < -0.39 is 0 Å². The number of amides is 1. The molecule has 2 atom stereocenters. The molecule has 7 heteroatoms. The van der Waals surface area contributed by atoms with Crippen LogP contribution in [0.2, 0.25) is 0 Å². The maximum absolute atomic E-state index is 13.0. The first kappa shape index (κ1) is 24.8. The quantitative estimate of drug-likeness (QED) is 0.401. The van der Waals surface area contributed by atoms with Gasteiger partial charge >= 0.3 is 0 Å². The minimum atomic E-state index is 0.0302. The minimum absolute atomic E-state index is 0.0302. The van der Waals surface area contributed by atoms with Gasteiger partial charge in [0.25, 0.3) is 0 Å². The lowest BCUT2D eigenvalue weighted by Gasteiger charge is -2.31. The van der Waals surface area contributed by atoms with Gasteiger partial charge in [0.1, 0.15) is 5.76 Å². The molecule has 2 aliphatic rings. The Morgan fingerprint density at radius 1 is 1.27 bits per heavy atom. The third kappa shape index (κ3) is 7.09. The van der Waals surface area contributed by atoms with Gasteiger partial charge in [0.05, 0.1) is 5.69 Å². The molecule has 5 nitrogen and oxygen atoms in total. The number of benzene rings is 1. The zero-order chi connectivity index (χ0) is 23.0. The Labute approximate surface area is 210 Å². The molecule has 1 saturated heterocycles. The third-order valence-electron chi connectivity index (χ3n) is 6.89. The minimum Gasteiger partial charge on any atom is -0.441 e. The van der Waals surface area contributed by atoms with Crippen molar-refractivity contribution in [2.45, 2.75) is 63.5 Å². The number of piperidine rings is 1. The van der Waals surface area contributed by atoms with Crippen LogP contribution in [0.25, 0.3) is 11.5 Å². The Bertz CT molecular complexity index is 913. The summed E-state index contributed by atoms with van der Waals surface area (Å²) in [6.07, 6.45) is 9.62. The highest BCUT2D eigenvalue weighted by molar-refractivity contribution is 9.10. The van der Waals surface area contributed by atoms with Gasteiger partial charge in [-0.1, -0.05) is 41.3 Å². The van der Waals surface area contributed by atoms with Gasteiger partial charge in [0, 0.05) is 27.7 Å². The van der Waals surface area contributed by atoms with Crippen molar-refractivity contribution in [2.24, 2.45) is 11.8 Å². The maximum Gasteiger partial charge on any atom is 0.226 e. The second kappa shape index (κ2) is 12.4. The fourth-order valence-corrected chi connectivity index (χ4v) is 6.70. The summed E-state index contributed by atoms with van der Waals surface area (Å²) in [4.78, 5) is 17.8. The van der Waals surface area contributed by atoms with E-state index in [0.717, 1.165) is 71.4 Å². The van der Waals surface area contributed by atoms with E-state index in [1.165, 1.54) is 32.1 Å². The van der Waals surface area contributed by atoms with Gasteiger partial charge in [-0.25, -0.2) is 4.98 Å². The first-order valence-electron chi connectivity index (χ1n) is 12.4. The average molecular weight is 535 g/mol. The number of oxazole rings is 1. The summed E-state index contributed by atoms with van der Waals surface area (Å²) in [6.45, 7) is 4.49. The number of nitrogens with zero attached hydrogens (tertiary/aromatic N) is 1. The van der Waals surface area contributed by atoms with Crippen molar-refractivity contribution in [3.63, 3.8) is 0 Å². The van der Waals surface area contributed by atoms with E-state index in [0.29, 0.717) is 5.89 Å². The topological polar surface area (TPSA) is 67.2 Å². The second-order valence-corrected chi connectivity index (χ2v) is 11.7. The highest BCUT2D eigenvalue weighted by Gasteiger charge is 2.32. The molecule has 180 valence electrons. The SMILES string of the molecule is Cc1oc(-c2cccc(Br)c2)nc1CC1CNCCC1C(=O)NCCCSC1CCCCC1. The second-order valence-electron chi connectivity index (χ2n) is 9.37. The van der Waals surface area contributed by atoms with Gasteiger partial charge in [-0.3, -0.25) is 4.79 Å². The molecule has 2 fully saturated rings. The Balaban J connectivity index is 1.28. The summed E-state index contributed by atoms with van der Waals surface area (Å²) in [6, 6.07) is 7.99. The summed E-state index contributed by atoms with van der Waals surface area (Å²) in [5.74, 6) is 3.10. The summed E-state index contributed by atoms with van der Waals surface area (Å²) >= 11 is 5.62. The van der Waals surface area contributed by atoms with Crippen LogP contribution in [0, 0.1) is 18.8 Å². The van der Waals surface area contributed by atoms with E-state index in [-0.39, 0.29) is 17.7 Å². The lowest BCUT2D eigenvalue weighted by Crippen LogP contribution is -2.45. The van der Waals surface area contributed by atoms with Gasteiger partial charge < -0.3 is 15.1 Å². The van der Waals surface area contributed by atoms with Crippen LogP contribution in [0.4, 0.5) is 0 Å². The van der Waals surface area contributed by atoms with Crippen molar-refractivity contribution in [1.82, 2.24) is 15.6 Å². The fourth-order valence-electron chi connectivity index (χ4n) is 4.99. The Kier molecular flexibility index (Phi) is 9.33. The highest BCUT2D eigenvalue weighted by Crippen LogP contribution is 2.30. The molecule has 1 saturated carbocycles. The summed E-state index contributed by atoms with van der Waals surface area (Å²) in [5, 5.41) is 7.54. The van der Waals surface area contributed by atoms with E-state index in [1.54, 1.807) is 0 Å². The van der Waals surface area contributed by atoms with Crippen molar-refractivity contribution >= 4 is 33.6 Å². The van der Waals surface area contributed by atoms with Crippen LogP contribution in [-0.2, 0) is 11.2 Å². The summed E-state index contributed by atoms with van der Waals surface area (Å²) < 4.78 is 6.98. The number of thioether (sulfide) groups is 1. The van der Waals surface area contributed by atoms with Gasteiger partial charge in [-0.15, -0.1) is 0 Å². The van der Waals surface area contributed by atoms with E-state index in [1.807, 2.05) is 31.2 Å². The average Bonchev–Trinajstić information content (AvgIpc) is 3.20. The first-order valence-corrected chi connectivity index (χ1v) is 14.3. The molecule has 1 aromatic heterocycles. The zero-order valence-electron chi connectivity index (χ0n) is 19.6. The van der Waals surface area contributed by atoms with Crippen molar-refractivity contribution < 1.29 is 9.21 Å². The van der Waals surface area contributed by atoms with E-state index in [2.05, 4.69) is 38.3 Å². The smallest absolute Gasteiger partial charge is 0.226 e. The van der Waals surface area contributed by atoms with Gasteiger partial charge in [-0.05, 0) is 82.0 Å². The largest absolute Gasteiger partial charge is 0.441 e. The zero-order valence-corrected chi connectivity index (χ0v) is 22.0. The molecule has 1 aromatic carbocycles. The molecule has 4 rings (SSSR count). The van der Waals surface area contributed by atoms with Gasteiger partial charge in [0.15, 0.2) is 0 Å². The number of carbonyl (C=O) groups is 1. The Hall–Kier alpha value is -1.31. The van der Waals surface area contributed by atoms with Crippen molar-refractivity contribution in [3.05, 3.63) is 40.2 Å². The molecular formula is C26H36BrN3O2S. The van der Waals surface area contributed by atoms with Crippen molar-refractivity contribution in [1.29, 1.82) is 0 Å². The molecule has 2 aromatic rings. The maximum atomic E-state index is 13.0. The number of hydrogen-bond acceptors (Lipinski definition) is 5.